The number of nitrogens with one attached hydrogen (secondary N) is 1. The Balaban J connectivity index is 2.91. The van der Waals surface area contributed by atoms with E-state index in [4.69, 9.17) is 0 Å². The van der Waals surface area contributed by atoms with Crippen LogP contribution < -0.4 is 5.32 Å². The lowest BCUT2D eigenvalue weighted by atomic mass is 9.94. The molecule has 1 aromatic rings. The lowest BCUT2D eigenvalue weighted by Crippen LogP contribution is -2.36. The fourth-order valence-electron chi connectivity index (χ4n) is 1.62. The molecule has 1 atom stereocenters. The molecule has 0 aliphatic rings. The molecule has 0 aliphatic carbocycles. The van der Waals surface area contributed by atoms with Crippen LogP contribution in [0.1, 0.15) is 44.9 Å². The largest absolute Gasteiger partial charge is 0.392 e. The van der Waals surface area contributed by atoms with Crippen molar-refractivity contribution in [1.82, 2.24) is 5.32 Å². The summed E-state index contributed by atoms with van der Waals surface area (Å²) in [5.41, 5.74) is 1.35. The molecule has 0 saturated carbocycles. The molecule has 0 radical (unpaired) electrons. The number of carbonyl (C=O) groups excluding carboxylic acids is 1. The molecule has 0 saturated heterocycles. The maximum atomic E-state index is 11.9. The molecule has 0 aromatic heterocycles. The van der Waals surface area contributed by atoms with Gasteiger partial charge in [0.15, 0.2) is 0 Å². The minimum Gasteiger partial charge on any atom is -0.392 e. The van der Waals surface area contributed by atoms with E-state index in [2.05, 4.69) is 21.2 Å². The van der Waals surface area contributed by atoms with E-state index >= 15 is 0 Å². The zero-order valence-electron chi connectivity index (χ0n) is 11.2. The van der Waals surface area contributed by atoms with Gasteiger partial charge in [0.1, 0.15) is 0 Å². The van der Waals surface area contributed by atoms with Gasteiger partial charge in [0.2, 0.25) is 5.91 Å². The minimum atomic E-state index is -0.414. The van der Waals surface area contributed by atoms with Crippen LogP contribution in [0.5, 0.6) is 0 Å². The summed E-state index contributed by atoms with van der Waals surface area (Å²) < 4.78 is 0.921. The molecule has 1 amide bonds. The standard InChI is InChI=1S/C14H20BrNO2/c1-9(16-13(18)14(2,3)4)12-6-5-11(15)7-10(12)8-17/h5-7,9,17H,8H2,1-4H3,(H,16,18)/t9-/m1/s1. The van der Waals surface area contributed by atoms with E-state index in [0.717, 1.165) is 15.6 Å². The van der Waals surface area contributed by atoms with Crippen LogP contribution in [0.15, 0.2) is 22.7 Å². The fraction of sp³-hybridized carbons (Fsp3) is 0.500. The molecule has 0 spiro atoms. The summed E-state index contributed by atoms with van der Waals surface area (Å²) >= 11 is 3.37. The SMILES string of the molecule is C[C@@H](NC(=O)C(C)(C)C)c1ccc(Br)cc1CO. The van der Waals surface area contributed by atoms with Crippen molar-refractivity contribution in [3.63, 3.8) is 0 Å². The van der Waals surface area contributed by atoms with E-state index in [-0.39, 0.29) is 18.6 Å². The highest BCUT2D eigenvalue weighted by Crippen LogP contribution is 2.24. The first kappa shape index (κ1) is 15.2. The summed E-state index contributed by atoms with van der Waals surface area (Å²) in [5, 5.41) is 12.3. The third kappa shape index (κ3) is 3.82. The van der Waals surface area contributed by atoms with E-state index in [9.17, 15) is 9.90 Å². The van der Waals surface area contributed by atoms with Gasteiger partial charge in [-0.15, -0.1) is 0 Å². The molecule has 0 fully saturated rings. The van der Waals surface area contributed by atoms with Gasteiger partial charge < -0.3 is 10.4 Å². The second kappa shape index (κ2) is 5.85. The number of benzene rings is 1. The number of aliphatic hydroxyl groups excluding tert-OH is 1. The zero-order chi connectivity index (χ0) is 13.9. The molecule has 0 unspecified atom stereocenters. The lowest BCUT2D eigenvalue weighted by Gasteiger charge is -2.23. The number of carbonyl (C=O) groups is 1. The predicted molar refractivity (Wildman–Crippen MR) is 76.1 cm³/mol. The van der Waals surface area contributed by atoms with E-state index in [1.807, 2.05) is 45.9 Å². The second-order valence-electron chi connectivity index (χ2n) is 5.45. The Morgan fingerprint density at radius 3 is 2.56 bits per heavy atom. The van der Waals surface area contributed by atoms with Crippen molar-refractivity contribution in [2.75, 3.05) is 0 Å². The third-order valence-electron chi connectivity index (χ3n) is 2.77. The molecule has 3 nitrogen and oxygen atoms in total. The van der Waals surface area contributed by atoms with Crippen LogP contribution >= 0.6 is 15.9 Å². The summed E-state index contributed by atoms with van der Waals surface area (Å²) in [7, 11) is 0. The van der Waals surface area contributed by atoms with Gasteiger partial charge in [0.25, 0.3) is 0 Å². The van der Waals surface area contributed by atoms with Gasteiger partial charge in [-0.1, -0.05) is 42.8 Å². The minimum absolute atomic E-state index is 0.00167. The summed E-state index contributed by atoms with van der Waals surface area (Å²) in [6.07, 6.45) is 0. The Morgan fingerprint density at radius 2 is 2.06 bits per heavy atom. The molecule has 0 heterocycles. The number of rotatable bonds is 3. The first-order valence-electron chi connectivity index (χ1n) is 5.96. The van der Waals surface area contributed by atoms with E-state index < -0.39 is 5.41 Å². The highest BCUT2D eigenvalue weighted by atomic mass is 79.9. The fourth-order valence-corrected chi connectivity index (χ4v) is 2.03. The van der Waals surface area contributed by atoms with Crippen molar-refractivity contribution in [3.8, 4) is 0 Å². The van der Waals surface area contributed by atoms with Gasteiger partial charge in [-0.2, -0.15) is 0 Å². The molecule has 1 aromatic carbocycles. The van der Waals surface area contributed by atoms with Crippen molar-refractivity contribution in [2.24, 2.45) is 5.41 Å². The maximum Gasteiger partial charge on any atom is 0.225 e. The Kier molecular flexibility index (Phi) is 4.93. The van der Waals surface area contributed by atoms with Crippen LogP contribution in [0, 0.1) is 5.41 Å². The molecule has 1 rings (SSSR count). The Bertz CT molecular complexity index is 438. The van der Waals surface area contributed by atoms with Gasteiger partial charge in [0, 0.05) is 9.89 Å². The maximum absolute atomic E-state index is 11.9. The van der Waals surface area contributed by atoms with Crippen LogP contribution in [0.25, 0.3) is 0 Å². The summed E-state index contributed by atoms with van der Waals surface area (Å²) in [6, 6.07) is 5.58. The van der Waals surface area contributed by atoms with Gasteiger partial charge in [0.05, 0.1) is 12.6 Å². The average Bonchev–Trinajstić information content (AvgIpc) is 2.27. The molecular weight excluding hydrogens is 294 g/mol. The first-order chi connectivity index (χ1) is 8.25. The highest BCUT2D eigenvalue weighted by Gasteiger charge is 2.23. The monoisotopic (exact) mass is 313 g/mol. The van der Waals surface area contributed by atoms with Crippen molar-refractivity contribution < 1.29 is 9.90 Å². The third-order valence-corrected chi connectivity index (χ3v) is 3.26. The first-order valence-corrected chi connectivity index (χ1v) is 6.75. The number of halogens is 1. The van der Waals surface area contributed by atoms with Crippen molar-refractivity contribution in [1.29, 1.82) is 0 Å². The van der Waals surface area contributed by atoms with E-state index in [1.54, 1.807) is 0 Å². The molecule has 18 heavy (non-hydrogen) atoms. The molecule has 0 aliphatic heterocycles. The van der Waals surface area contributed by atoms with E-state index in [1.165, 1.54) is 0 Å². The smallest absolute Gasteiger partial charge is 0.225 e. The number of hydrogen-bond acceptors (Lipinski definition) is 2. The lowest BCUT2D eigenvalue weighted by molar-refractivity contribution is -0.129. The predicted octanol–water partition coefficient (Wildman–Crippen LogP) is 3.16. The molecular formula is C14H20BrNO2. The van der Waals surface area contributed by atoms with Crippen LogP contribution in [0.3, 0.4) is 0 Å². The Morgan fingerprint density at radius 1 is 1.44 bits per heavy atom. The van der Waals surface area contributed by atoms with Crippen molar-refractivity contribution >= 4 is 21.8 Å². The van der Waals surface area contributed by atoms with Crippen LogP contribution in [-0.4, -0.2) is 11.0 Å². The van der Waals surface area contributed by atoms with Gasteiger partial charge >= 0.3 is 0 Å². The van der Waals surface area contributed by atoms with Gasteiger partial charge in [-0.3, -0.25) is 4.79 Å². The van der Waals surface area contributed by atoms with Crippen LogP contribution in [0.4, 0.5) is 0 Å². The molecule has 4 heteroatoms. The van der Waals surface area contributed by atoms with Crippen molar-refractivity contribution in [3.05, 3.63) is 33.8 Å². The summed E-state index contributed by atoms with van der Waals surface area (Å²) in [4.78, 5) is 11.9. The normalized spacial score (nSPS) is 13.2. The van der Waals surface area contributed by atoms with Gasteiger partial charge in [-0.05, 0) is 30.2 Å². The average molecular weight is 314 g/mol. The van der Waals surface area contributed by atoms with Crippen LogP contribution in [-0.2, 0) is 11.4 Å². The number of hydrogen-bond donors (Lipinski definition) is 2. The molecule has 2 N–H and O–H groups in total. The molecule has 0 bridgehead atoms. The Labute approximate surface area is 117 Å². The highest BCUT2D eigenvalue weighted by molar-refractivity contribution is 9.10. The number of amides is 1. The van der Waals surface area contributed by atoms with Gasteiger partial charge in [-0.25, -0.2) is 0 Å². The molecule has 100 valence electrons. The number of aliphatic hydroxyl groups is 1. The second-order valence-corrected chi connectivity index (χ2v) is 6.36. The van der Waals surface area contributed by atoms with Crippen molar-refractivity contribution in [2.45, 2.75) is 40.3 Å². The topological polar surface area (TPSA) is 49.3 Å². The summed E-state index contributed by atoms with van der Waals surface area (Å²) in [5.74, 6) is 0.00167. The quantitative estimate of drug-likeness (QED) is 0.900. The van der Waals surface area contributed by atoms with E-state index in [0.29, 0.717) is 0 Å². The summed E-state index contributed by atoms with van der Waals surface area (Å²) in [6.45, 7) is 7.52. The Hall–Kier alpha value is -0.870. The van der Waals surface area contributed by atoms with Crippen LogP contribution in [0.2, 0.25) is 0 Å². The zero-order valence-corrected chi connectivity index (χ0v) is 12.8.